The molecule has 0 aliphatic carbocycles. The summed E-state index contributed by atoms with van der Waals surface area (Å²) < 4.78 is 0. The van der Waals surface area contributed by atoms with E-state index < -0.39 is 6.10 Å². The highest BCUT2D eigenvalue weighted by Gasteiger charge is 2.30. The molecule has 1 fully saturated rings. The number of rotatable bonds is 7. The average Bonchev–Trinajstić information content (AvgIpc) is 3.29. The summed E-state index contributed by atoms with van der Waals surface area (Å²) in [6.07, 6.45) is -0.659. The number of nitrogens with zero attached hydrogens (tertiary/aromatic N) is 3. The number of piperazine rings is 1. The largest absolute Gasteiger partial charge is 0.385 e. The lowest BCUT2D eigenvalue weighted by atomic mass is 9.96. The van der Waals surface area contributed by atoms with Crippen molar-refractivity contribution in [2.75, 3.05) is 32.7 Å². The van der Waals surface area contributed by atoms with Crippen molar-refractivity contribution in [1.29, 1.82) is 0 Å². The van der Waals surface area contributed by atoms with Gasteiger partial charge in [0.25, 0.3) is 0 Å². The lowest BCUT2D eigenvalue weighted by molar-refractivity contribution is 0.0606. The first kappa shape index (κ1) is 25.0. The van der Waals surface area contributed by atoms with Crippen LogP contribution in [-0.4, -0.2) is 57.6 Å². The SMILES string of the molecule is Cc1[nH]c(-c2ccccc2)nc1C(O)CN1CCN(C(c2ccccc2Cl)c2ccccc2Cl)CC1. The van der Waals surface area contributed by atoms with Crippen LogP contribution < -0.4 is 0 Å². The molecule has 1 aliphatic heterocycles. The molecule has 1 unspecified atom stereocenters. The summed E-state index contributed by atoms with van der Waals surface area (Å²) in [7, 11) is 0. The Kier molecular flexibility index (Phi) is 7.75. The molecular weight excluding hydrogens is 491 g/mol. The van der Waals surface area contributed by atoms with Crippen molar-refractivity contribution >= 4 is 23.2 Å². The van der Waals surface area contributed by atoms with Gasteiger partial charge in [0.1, 0.15) is 11.9 Å². The van der Waals surface area contributed by atoms with Gasteiger partial charge in [-0.3, -0.25) is 9.80 Å². The highest BCUT2D eigenvalue weighted by atomic mass is 35.5. The minimum Gasteiger partial charge on any atom is -0.385 e. The number of H-pyrrole nitrogens is 1. The molecule has 0 amide bonds. The van der Waals surface area contributed by atoms with Crippen molar-refractivity contribution in [3.8, 4) is 11.4 Å². The molecular formula is C29H30Cl2N4O. The highest BCUT2D eigenvalue weighted by Crippen LogP contribution is 2.37. The van der Waals surface area contributed by atoms with E-state index in [4.69, 9.17) is 28.2 Å². The molecule has 0 bridgehead atoms. The Morgan fingerprint density at radius 2 is 1.39 bits per heavy atom. The second kappa shape index (κ2) is 11.2. The van der Waals surface area contributed by atoms with Gasteiger partial charge in [-0.15, -0.1) is 0 Å². The van der Waals surface area contributed by atoms with Gasteiger partial charge in [-0.2, -0.15) is 0 Å². The summed E-state index contributed by atoms with van der Waals surface area (Å²) in [5.74, 6) is 0.786. The van der Waals surface area contributed by atoms with Crippen molar-refractivity contribution in [2.45, 2.75) is 19.1 Å². The van der Waals surface area contributed by atoms with Crippen molar-refractivity contribution < 1.29 is 5.11 Å². The van der Waals surface area contributed by atoms with E-state index in [0.717, 1.165) is 64.4 Å². The molecule has 2 N–H and O–H groups in total. The van der Waals surface area contributed by atoms with Gasteiger partial charge in [0, 0.05) is 54.0 Å². The van der Waals surface area contributed by atoms with E-state index in [9.17, 15) is 5.11 Å². The highest BCUT2D eigenvalue weighted by molar-refractivity contribution is 6.32. The molecule has 1 saturated heterocycles. The number of halogens is 2. The van der Waals surface area contributed by atoms with Gasteiger partial charge in [0.05, 0.1) is 11.7 Å². The Balaban J connectivity index is 1.29. The molecule has 3 aromatic carbocycles. The molecule has 5 nitrogen and oxygen atoms in total. The second-order valence-corrected chi connectivity index (χ2v) is 10.1. The maximum atomic E-state index is 11.0. The van der Waals surface area contributed by atoms with Crippen LogP contribution in [0.2, 0.25) is 10.0 Å². The minimum absolute atomic E-state index is 0.0264. The Morgan fingerprint density at radius 3 is 1.97 bits per heavy atom. The number of aryl methyl sites for hydroxylation is 1. The van der Waals surface area contributed by atoms with Crippen LogP contribution in [0.25, 0.3) is 11.4 Å². The van der Waals surface area contributed by atoms with Gasteiger partial charge < -0.3 is 10.1 Å². The predicted octanol–water partition coefficient (Wildman–Crippen LogP) is 6.13. The molecule has 5 rings (SSSR count). The summed E-state index contributed by atoms with van der Waals surface area (Å²) in [5, 5.41) is 12.5. The van der Waals surface area contributed by atoms with E-state index in [0.29, 0.717) is 12.2 Å². The van der Waals surface area contributed by atoms with Gasteiger partial charge in [-0.05, 0) is 30.2 Å². The first-order valence-corrected chi connectivity index (χ1v) is 13.0. The fourth-order valence-electron chi connectivity index (χ4n) is 5.02. The maximum Gasteiger partial charge on any atom is 0.137 e. The number of hydrogen-bond acceptors (Lipinski definition) is 4. The third kappa shape index (κ3) is 5.36. The summed E-state index contributed by atoms with van der Waals surface area (Å²) >= 11 is 13.3. The van der Waals surface area contributed by atoms with Gasteiger partial charge in [-0.1, -0.05) is 89.9 Å². The molecule has 1 atom stereocenters. The zero-order valence-corrected chi connectivity index (χ0v) is 21.8. The van der Waals surface area contributed by atoms with Crippen LogP contribution in [0, 0.1) is 6.92 Å². The Bertz CT molecular complexity index is 1260. The molecule has 2 heterocycles. The fraction of sp³-hybridized carbons (Fsp3) is 0.276. The van der Waals surface area contributed by atoms with Crippen LogP contribution in [0.15, 0.2) is 78.9 Å². The zero-order chi connectivity index (χ0) is 25.1. The molecule has 0 radical (unpaired) electrons. The van der Waals surface area contributed by atoms with Crippen LogP contribution in [0.5, 0.6) is 0 Å². The second-order valence-electron chi connectivity index (χ2n) is 9.26. The minimum atomic E-state index is -0.659. The first-order chi connectivity index (χ1) is 17.5. The number of imidazole rings is 1. The molecule has 0 saturated carbocycles. The number of aliphatic hydroxyl groups excluding tert-OH is 1. The summed E-state index contributed by atoms with van der Waals surface area (Å²) in [6, 6.07) is 25.9. The van der Waals surface area contributed by atoms with Gasteiger partial charge >= 0.3 is 0 Å². The number of aliphatic hydroxyl groups is 1. The topological polar surface area (TPSA) is 55.4 Å². The number of hydrogen-bond donors (Lipinski definition) is 2. The van der Waals surface area contributed by atoms with Crippen LogP contribution in [0.3, 0.4) is 0 Å². The number of nitrogens with one attached hydrogen (secondary N) is 1. The van der Waals surface area contributed by atoms with Crippen LogP contribution >= 0.6 is 23.2 Å². The van der Waals surface area contributed by atoms with E-state index in [1.54, 1.807) is 0 Å². The van der Waals surface area contributed by atoms with Crippen LogP contribution in [-0.2, 0) is 0 Å². The normalized spacial score (nSPS) is 15.9. The van der Waals surface area contributed by atoms with E-state index in [1.807, 2.05) is 73.7 Å². The number of aromatic amines is 1. The van der Waals surface area contributed by atoms with Crippen LogP contribution in [0.1, 0.15) is 34.7 Å². The summed E-state index contributed by atoms with van der Waals surface area (Å²) in [6.45, 7) is 5.84. The van der Waals surface area contributed by atoms with E-state index in [2.05, 4.69) is 26.9 Å². The number of benzene rings is 3. The molecule has 0 spiro atoms. The van der Waals surface area contributed by atoms with Crippen molar-refractivity contribution in [3.63, 3.8) is 0 Å². The molecule has 1 aliphatic rings. The lowest BCUT2D eigenvalue weighted by Gasteiger charge is -2.40. The van der Waals surface area contributed by atoms with Gasteiger partial charge in [0.15, 0.2) is 0 Å². The van der Waals surface area contributed by atoms with E-state index in [1.165, 1.54) is 0 Å². The Morgan fingerprint density at radius 1 is 0.833 bits per heavy atom. The maximum absolute atomic E-state index is 11.0. The third-order valence-electron chi connectivity index (χ3n) is 6.89. The molecule has 186 valence electrons. The molecule has 36 heavy (non-hydrogen) atoms. The number of aromatic nitrogens is 2. The van der Waals surface area contributed by atoms with Crippen LogP contribution in [0.4, 0.5) is 0 Å². The van der Waals surface area contributed by atoms with Crippen molar-refractivity contribution in [3.05, 3.63) is 111 Å². The number of β-amino-alcohol motifs (C(OH)–C–C–N with tert-alkyl or cyclic N) is 1. The first-order valence-electron chi connectivity index (χ1n) is 12.3. The Labute approximate surface area is 222 Å². The predicted molar refractivity (Wildman–Crippen MR) is 146 cm³/mol. The monoisotopic (exact) mass is 520 g/mol. The quantitative estimate of drug-likeness (QED) is 0.307. The van der Waals surface area contributed by atoms with Gasteiger partial charge in [0.2, 0.25) is 0 Å². The molecule has 7 heteroatoms. The summed E-state index contributed by atoms with van der Waals surface area (Å²) in [5.41, 5.74) is 4.74. The van der Waals surface area contributed by atoms with Gasteiger partial charge in [-0.25, -0.2) is 4.98 Å². The van der Waals surface area contributed by atoms with E-state index >= 15 is 0 Å². The molecule has 4 aromatic rings. The average molecular weight is 521 g/mol. The van der Waals surface area contributed by atoms with Crippen molar-refractivity contribution in [1.82, 2.24) is 19.8 Å². The Hall–Kier alpha value is -2.67. The lowest BCUT2D eigenvalue weighted by Crippen LogP contribution is -2.49. The van der Waals surface area contributed by atoms with E-state index in [-0.39, 0.29) is 6.04 Å². The summed E-state index contributed by atoms with van der Waals surface area (Å²) in [4.78, 5) is 12.8. The zero-order valence-electron chi connectivity index (χ0n) is 20.2. The molecule has 1 aromatic heterocycles. The fourth-order valence-corrected chi connectivity index (χ4v) is 5.50. The van der Waals surface area contributed by atoms with Crippen molar-refractivity contribution in [2.24, 2.45) is 0 Å². The standard InChI is InChI=1S/C29H30Cl2N4O/c1-20-27(33-29(32-20)21-9-3-2-4-10-21)26(36)19-34-15-17-35(18-16-34)28(22-11-5-7-13-24(22)30)23-12-6-8-14-25(23)31/h2-14,26,28,36H,15-19H2,1H3,(H,32,33). The third-order valence-corrected chi connectivity index (χ3v) is 7.58. The smallest absolute Gasteiger partial charge is 0.137 e.